The van der Waals surface area contributed by atoms with Crippen LogP contribution in [0.2, 0.25) is 0 Å². The first kappa shape index (κ1) is 15.2. The monoisotopic (exact) mass is 251 g/mol. The maximum absolute atomic E-state index is 7.56. The number of rotatable bonds is 11. The topological polar surface area (TPSA) is 39.5 Å². The largest absolute Gasteiger partial charge is 0.336 e. The molecule has 0 radical (unpaired) electrons. The normalized spacial score (nSPS) is 14.7. The molecule has 0 fully saturated rings. The van der Waals surface area contributed by atoms with Gasteiger partial charge in [0.2, 0.25) is 5.96 Å². The van der Waals surface area contributed by atoms with Gasteiger partial charge in [-0.05, 0) is 6.42 Å². The molecule has 0 saturated heterocycles. The molecule has 0 aliphatic carbocycles. The van der Waals surface area contributed by atoms with Gasteiger partial charge in [0.25, 0.3) is 0 Å². The van der Waals surface area contributed by atoms with Crippen LogP contribution in [0.3, 0.4) is 0 Å². The zero-order valence-corrected chi connectivity index (χ0v) is 12.0. The summed E-state index contributed by atoms with van der Waals surface area (Å²) in [4.78, 5) is 6.01. The summed E-state index contributed by atoms with van der Waals surface area (Å²) in [5.41, 5.74) is 0. The lowest BCUT2D eigenvalue weighted by atomic mass is 10.1. The summed E-state index contributed by atoms with van der Waals surface area (Å²) < 4.78 is 0. The summed E-state index contributed by atoms with van der Waals surface area (Å²) in [5, 5.41) is 7.56. The number of aliphatic imine (C=N–C) groups is 1. The van der Waals surface area contributed by atoms with Gasteiger partial charge in [0.15, 0.2) is 0 Å². The Hall–Kier alpha value is -0.860. The molecule has 1 rings (SSSR count). The molecule has 1 N–H and O–H groups in total. The molecule has 0 amide bonds. The molecule has 0 aromatic carbocycles. The van der Waals surface area contributed by atoms with Crippen LogP contribution in [0.25, 0.3) is 0 Å². The van der Waals surface area contributed by atoms with Crippen LogP contribution >= 0.6 is 0 Å². The van der Waals surface area contributed by atoms with Gasteiger partial charge in [0.05, 0.1) is 6.54 Å². The van der Waals surface area contributed by atoms with E-state index in [4.69, 9.17) is 5.41 Å². The van der Waals surface area contributed by atoms with E-state index in [2.05, 4.69) is 11.9 Å². The Kier molecular flexibility index (Phi) is 8.53. The van der Waals surface area contributed by atoms with Crippen molar-refractivity contribution in [1.29, 1.82) is 5.41 Å². The second-order valence-corrected chi connectivity index (χ2v) is 5.26. The van der Waals surface area contributed by atoms with Crippen molar-refractivity contribution in [1.82, 2.24) is 4.90 Å². The number of unbranched alkanes of at least 4 members (excludes halogenated alkanes) is 9. The van der Waals surface area contributed by atoms with Crippen molar-refractivity contribution in [3.05, 3.63) is 0 Å². The van der Waals surface area contributed by atoms with Crippen molar-refractivity contribution in [2.45, 2.75) is 71.1 Å². The van der Waals surface area contributed by atoms with E-state index >= 15 is 0 Å². The molecule has 18 heavy (non-hydrogen) atoms. The number of nitrogens with zero attached hydrogens (tertiary/aromatic N) is 2. The van der Waals surface area contributed by atoms with Crippen molar-refractivity contribution in [2.24, 2.45) is 4.99 Å². The Bertz CT molecular complexity index is 248. The quantitative estimate of drug-likeness (QED) is 0.548. The fourth-order valence-corrected chi connectivity index (χ4v) is 2.38. The molecule has 1 aliphatic rings. The first-order valence-electron chi connectivity index (χ1n) is 7.70. The van der Waals surface area contributed by atoms with Crippen molar-refractivity contribution in [3.63, 3.8) is 0 Å². The van der Waals surface area contributed by atoms with E-state index in [0.717, 1.165) is 13.1 Å². The molecule has 0 aromatic heterocycles. The fraction of sp³-hybridized carbons (Fsp3) is 0.867. The molecule has 1 heterocycles. The lowest BCUT2D eigenvalue weighted by Crippen LogP contribution is -2.26. The van der Waals surface area contributed by atoms with E-state index in [-0.39, 0.29) is 0 Å². The minimum atomic E-state index is 0.450. The lowest BCUT2D eigenvalue weighted by Gasteiger charge is -2.15. The van der Waals surface area contributed by atoms with E-state index in [0.29, 0.717) is 5.96 Å². The molecule has 0 bridgehead atoms. The highest BCUT2D eigenvalue weighted by Gasteiger charge is 2.11. The highest BCUT2D eigenvalue weighted by molar-refractivity contribution is 5.92. The Labute approximate surface area is 112 Å². The van der Waals surface area contributed by atoms with E-state index in [1.54, 1.807) is 0 Å². The molecule has 104 valence electrons. The second-order valence-electron chi connectivity index (χ2n) is 5.26. The van der Waals surface area contributed by atoms with Gasteiger partial charge in [-0.15, -0.1) is 0 Å². The van der Waals surface area contributed by atoms with Gasteiger partial charge in [-0.3, -0.25) is 5.41 Å². The predicted molar refractivity (Wildman–Crippen MR) is 79.6 cm³/mol. The van der Waals surface area contributed by atoms with Crippen LogP contribution in [0.1, 0.15) is 71.1 Å². The van der Waals surface area contributed by atoms with Crippen LogP contribution in [0.5, 0.6) is 0 Å². The van der Waals surface area contributed by atoms with Crippen LogP contribution in [0.4, 0.5) is 0 Å². The smallest absolute Gasteiger partial charge is 0.217 e. The predicted octanol–water partition coefficient (Wildman–Crippen LogP) is 4.23. The zero-order chi connectivity index (χ0) is 13.1. The second kappa shape index (κ2) is 10.1. The van der Waals surface area contributed by atoms with Gasteiger partial charge in [-0.25, -0.2) is 4.99 Å². The van der Waals surface area contributed by atoms with Crippen LogP contribution < -0.4 is 0 Å². The highest BCUT2D eigenvalue weighted by atomic mass is 15.3. The lowest BCUT2D eigenvalue weighted by molar-refractivity contribution is 0.447. The van der Waals surface area contributed by atoms with Crippen molar-refractivity contribution < 1.29 is 0 Å². The molecule has 0 atom stereocenters. The summed E-state index contributed by atoms with van der Waals surface area (Å²) in [6.45, 7) is 4.12. The van der Waals surface area contributed by atoms with Gasteiger partial charge >= 0.3 is 0 Å². The van der Waals surface area contributed by atoms with Gasteiger partial charge in [0.1, 0.15) is 0 Å². The average molecular weight is 251 g/mol. The van der Waals surface area contributed by atoms with E-state index in [9.17, 15) is 0 Å². The standard InChI is InChI=1S/C15H29N3/c1-2-3-4-5-6-7-8-9-10-11-13-18-14-12-17-15(18)16/h12,16H,2-11,13-14H2,1H3. The average Bonchev–Trinajstić information content (AvgIpc) is 2.77. The van der Waals surface area contributed by atoms with Gasteiger partial charge in [0, 0.05) is 12.8 Å². The van der Waals surface area contributed by atoms with Crippen molar-refractivity contribution >= 4 is 12.2 Å². The Morgan fingerprint density at radius 2 is 1.56 bits per heavy atom. The molecular formula is C15H29N3. The van der Waals surface area contributed by atoms with Crippen LogP contribution in [-0.2, 0) is 0 Å². The summed E-state index contributed by atoms with van der Waals surface area (Å²) in [6, 6.07) is 0. The molecule has 0 saturated carbocycles. The van der Waals surface area contributed by atoms with E-state index in [1.165, 1.54) is 64.2 Å². The minimum Gasteiger partial charge on any atom is -0.336 e. The van der Waals surface area contributed by atoms with E-state index in [1.807, 2.05) is 11.1 Å². The van der Waals surface area contributed by atoms with Crippen molar-refractivity contribution in [2.75, 3.05) is 13.1 Å². The number of hydrogen-bond donors (Lipinski definition) is 1. The van der Waals surface area contributed by atoms with Crippen LogP contribution in [0, 0.1) is 5.41 Å². The molecular weight excluding hydrogens is 222 g/mol. The summed E-state index contributed by atoms with van der Waals surface area (Å²) in [6.07, 6.45) is 15.5. The van der Waals surface area contributed by atoms with Crippen molar-refractivity contribution in [3.8, 4) is 0 Å². The number of guanidine groups is 1. The molecule has 0 unspecified atom stereocenters. The minimum absolute atomic E-state index is 0.450. The van der Waals surface area contributed by atoms with Crippen LogP contribution in [-0.4, -0.2) is 30.2 Å². The first-order chi connectivity index (χ1) is 8.84. The van der Waals surface area contributed by atoms with Gasteiger partial charge in [-0.1, -0.05) is 64.7 Å². The third-order valence-electron chi connectivity index (χ3n) is 3.60. The van der Waals surface area contributed by atoms with Gasteiger partial charge < -0.3 is 4.90 Å². The Morgan fingerprint density at radius 3 is 2.06 bits per heavy atom. The highest BCUT2D eigenvalue weighted by Crippen LogP contribution is 2.11. The zero-order valence-electron chi connectivity index (χ0n) is 12.0. The Balaban J connectivity index is 1.77. The Morgan fingerprint density at radius 1 is 1.00 bits per heavy atom. The molecule has 3 nitrogen and oxygen atoms in total. The van der Waals surface area contributed by atoms with Gasteiger partial charge in [-0.2, -0.15) is 0 Å². The number of nitrogens with one attached hydrogen (secondary N) is 1. The molecule has 0 aromatic rings. The fourth-order valence-electron chi connectivity index (χ4n) is 2.38. The molecule has 3 heteroatoms. The third-order valence-corrected chi connectivity index (χ3v) is 3.60. The summed E-state index contributed by atoms with van der Waals surface area (Å²) in [5.74, 6) is 0.450. The maximum Gasteiger partial charge on any atom is 0.217 e. The third kappa shape index (κ3) is 6.77. The van der Waals surface area contributed by atoms with E-state index < -0.39 is 0 Å². The first-order valence-corrected chi connectivity index (χ1v) is 7.70. The molecule has 0 spiro atoms. The SMILES string of the molecule is CCCCCCCCCCCCN1CC=NC1=N. The number of hydrogen-bond acceptors (Lipinski definition) is 1. The van der Waals surface area contributed by atoms with Crippen LogP contribution in [0.15, 0.2) is 4.99 Å². The summed E-state index contributed by atoms with van der Waals surface area (Å²) in [7, 11) is 0. The maximum atomic E-state index is 7.56. The molecule has 1 aliphatic heterocycles. The summed E-state index contributed by atoms with van der Waals surface area (Å²) >= 11 is 0.